The fourth-order valence-corrected chi connectivity index (χ4v) is 3.90. The molecule has 2 unspecified atom stereocenters. The van der Waals surface area contributed by atoms with Gasteiger partial charge < -0.3 is 20.1 Å². The maximum atomic E-state index is 12.9. The molecule has 0 aromatic heterocycles. The minimum Gasteiger partial charge on any atom is -0.493 e. The van der Waals surface area contributed by atoms with E-state index >= 15 is 0 Å². The number of imide groups is 1. The largest absolute Gasteiger partial charge is 0.493 e. The lowest BCUT2D eigenvalue weighted by atomic mass is 9.73. The highest BCUT2D eigenvalue weighted by Crippen LogP contribution is 2.38. The van der Waals surface area contributed by atoms with Gasteiger partial charge in [0.1, 0.15) is 12.1 Å². The summed E-state index contributed by atoms with van der Waals surface area (Å²) in [5.74, 6) is 0.313. The second-order valence-electron chi connectivity index (χ2n) is 7.06. The maximum absolute atomic E-state index is 12.9. The van der Waals surface area contributed by atoms with E-state index in [2.05, 4.69) is 10.6 Å². The molecular weight excluding hydrogens is 350 g/mol. The molecule has 1 saturated carbocycles. The smallest absolute Gasteiger partial charge is 0.325 e. The van der Waals surface area contributed by atoms with Crippen LogP contribution < -0.4 is 20.1 Å². The normalized spacial score (nSPS) is 24.7. The standard InChI is InChI=1S/C19H25N3O5/c1-12-6-4-5-9-19(12)17(24)22(18(25)21-19)11-16(23)20-13-7-8-14(26-2)15(10-13)27-3/h7-8,10,12H,4-6,9,11H2,1-3H3,(H,20,23)(H,21,25). The third kappa shape index (κ3) is 3.43. The van der Waals surface area contributed by atoms with E-state index in [-0.39, 0.29) is 18.4 Å². The molecule has 27 heavy (non-hydrogen) atoms. The first-order valence-corrected chi connectivity index (χ1v) is 9.07. The summed E-state index contributed by atoms with van der Waals surface area (Å²) >= 11 is 0. The van der Waals surface area contributed by atoms with Gasteiger partial charge in [0.15, 0.2) is 11.5 Å². The van der Waals surface area contributed by atoms with Crippen molar-refractivity contribution < 1.29 is 23.9 Å². The van der Waals surface area contributed by atoms with Crippen molar-refractivity contribution in [2.45, 2.75) is 38.1 Å². The van der Waals surface area contributed by atoms with Crippen LogP contribution in [-0.4, -0.2) is 49.0 Å². The lowest BCUT2D eigenvalue weighted by Crippen LogP contribution is -2.54. The fourth-order valence-electron chi connectivity index (χ4n) is 3.90. The third-order valence-electron chi connectivity index (χ3n) is 5.47. The summed E-state index contributed by atoms with van der Waals surface area (Å²) in [6, 6.07) is 4.44. The minimum atomic E-state index is -0.862. The molecule has 8 heteroatoms. The van der Waals surface area contributed by atoms with Crippen LogP contribution in [-0.2, 0) is 9.59 Å². The molecule has 8 nitrogen and oxygen atoms in total. The molecule has 0 bridgehead atoms. The summed E-state index contributed by atoms with van der Waals surface area (Å²) in [4.78, 5) is 38.7. The molecule has 1 saturated heterocycles. The predicted molar refractivity (Wildman–Crippen MR) is 98.8 cm³/mol. The van der Waals surface area contributed by atoms with Gasteiger partial charge in [-0.15, -0.1) is 0 Å². The van der Waals surface area contributed by atoms with Crippen LogP contribution >= 0.6 is 0 Å². The number of rotatable bonds is 5. The Hall–Kier alpha value is -2.77. The van der Waals surface area contributed by atoms with Crippen molar-refractivity contribution >= 4 is 23.5 Å². The molecule has 1 spiro atoms. The number of amides is 4. The molecule has 2 atom stereocenters. The van der Waals surface area contributed by atoms with Gasteiger partial charge in [0.2, 0.25) is 5.91 Å². The molecule has 1 heterocycles. The van der Waals surface area contributed by atoms with Crippen LogP contribution in [0.15, 0.2) is 18.2 Å². The molecule has 146 valence electrons. The highest BCUT2D eigenvalue weighted by Gasteiger charge is 2.55. The Labute approximate surface area is 158 Å². The van der Waals surface area contributed by atoms with Crippen LogP contribution in [0.1, 0.15) is 32.6 Å². The Bertz CT molecular complexity index is 766. The lowest BCUT2D eigenvalue weighted by molar-refractivity contribution is -0.136. The Kier molecular flexibility index (Phi) is 5.25. The number of hydrogen-bond acceptors (Lipinski definition) is 5. The Morgan fingerprint density at radius 1 is 1.26 bits per heavy atom. The van der Waals surface area contributed by atoms with Gasteiger partial charge in [-0.05, 0) is 30.9 Å². The zero-order chi connectivity index (χ0) is 19.6. The molecule has 3 rings (SSSR count). The molecule has 1 aromatic carbocycles. The van der Waals surface area contributed by atoms with Gasteiger partial charge in [0.25, 0.3) is 5.91 Å². The number of carbonyl (C=O) groups is 3. The van der Waals surface area contributed by atoms with Crippen molar-refractivity contribution in [1.82, 2.24) is 10.2 Å². The highest BCUT2D eigenvalue weighted by atomic mass is 16.5. The SMILES string of the molecule is COc1ccc(NC(=O)CN2C(=O)NC3(CCCCC3C)C2=O)cc1OC. The van der Waals surface area contributed by atoms with Crippen LogP contribution in [0.5, 0.6) is 11.5 Å². The average Bonchev–Trinajstić information content (AvgIpc) is 2.89. The zero-order valence-electron chi connectivity index (χ0n) is 15.8. The van der Waals surface area contributed by atoms with E-state index in [1.54, 1.807) is 18.2 Å². The van der Waals surface area contributed by atoms with E-state index in [0.717, 1.165) is 24.2 Å². The van der Waals surface area contributed by atoms with E-state index in [1.807, 2.05) is 6.92 Å². The number of benzene rings is 1. The van der Waals surface area contributed by atoms with Gasteiger partial charge in [-0.2, -0.15) is 0 Å². The van der Waals surface area contributed by atoms with Gasteiger partial charge in [0.05, 0.1) is 14.2 Å². The van der Waals surface area contributed by atoms with Gasteiger partial charge in [0, 0.05) is 11.8 Å². The van der Waals surface area contributed by atoms with E-state index in [1.165, 1.54) is 14.2 Å². The van der Waals surface area contributed by atoms with E-state index < -0.39 is 17.5 Å². The van der Waals surface area contributed by atoms with Gasteiger partial charge in [-0.1, -0.05) is 19.8 Å². The van der Waals surface area contributed by atoms with Crippen LogP contribution in [0.2, 0.25) is 0 Å². The van der Waals surface area contributed by atoms with Crippen LogP contribution in [0.3, 0.4) is 0 Å². The summed E-state index contributed by atoms with van der Waals surface area (Å²) < 4.78 is 10.4. The van der Waals surface area contributed by atoms with Crippen molar-refractivity contribution in [3.05, 3.63) is 18.2 Å². The molecule has 1 aliphatic carbocycles. The number of anilines is 1. The van der Waals surface area contributed by atoms with Crippen molar-refractivity contribution in [1.29, 1.82) is 0 Å². The van der Waals surface area contributed by atoms with Gasteiger partial charge >= 0.3 is 6.03 Å². The summed E-state index contributed by atoms with van der Waals surface area (Å²) in [5.41, 5.74) is -0.371. The first-order valence-electron chi connectivity index (χ1n) is 9.07. The number of methoxy groups -OCH3 is 2. The second-order valence-corrected chi connectivity index (χ2v) is 7.06. The van der Waals surface area contributed by atoms with Crippen molar-refractivity contribution in [3.63, 3.8) is 0 Å². The summed E-state index contributed by atoms with van der Waals surface area (Å²) in [5, 5.41) is 5.53. The Morgan fingerprint density at radius 2 is 2.00 bits per heavy atom. The molecule has 1 aliphatic heterocycles. The number of urea groups is 1. The zero-order valence-corrected chi connectivity index (χ0v) is 15.8. The van der Waals surface area contributed by atoms with E-state index in [4.69, 9.17) is 9.47 Å². The molecular formula is C19H25N3O5. The monoisotopic (exact) mass is 375 g/mol. The van der Waals surface area contributed by atoms with Gasteiger partial charge in [-0.3, -0.25) is 14.5 Å². The van der Waals surface area contributed by atoms with E-state index in [0.29, 0.717) is 23.6 Å². The van der Waals surface area contributed by atoms with E-state index in [9.17, 15) is 14.4 Å². The van der Waals surface area contributed by atoms with Crippen LogP contribution in [0, 0.1) is 5.92 Å². The molecule has 4 amide bonds. The number of ether oxygens (including phenoxy) is 2. The molecule has 2 fully saturated rings. The Balaban J connectivity index is 1.69. The van der Waals surface area contributed by atoms with Crippen molar-refractivity contribution in [2.75, 3.05) is 26.1 Å². The lowest BCUT2D eigenvalue weighted by Gasteiger charge is -2.36. The Morgan fingerprint density at radius 3 is 2.67 bits per heavy atom. The summed E-state index contributed by atoms with van der Waals surface area (Å²) in [6.45, 7) is 1.65. The second kappa shape index (κ2) is 7.46. The average molecular weight is 375 g/mol. The molecule has 1 aromatic rings. The quantitative estimate of drug-likeness (QED) is 0.769. The number of hydrogen-bond donors (Lipinski definition) is 2. The summed E-state index contributed by atoms with van der Waals surface area (Å²) in [6.07, 6.45) is 3.44. The van der Waals surface area contributed by atoms with Crippen molar-refractivity contribution in [2.24, 2.45) is 5.92 Å². The van der Waals surface area contributed by atoms with Gasteiger partial charge in [-0.25, -0.2) is 4.79 Å². The fraction of sp³-hybridized carbons (Fsp3) is 0.526. The van der Waals surface area contributed by atoms with Crippen LogP contribution in [0.25, 0.3) is 0 Å². The topological polar surface area (TPSA) is 97.0 Å². The number of nitrogens with zero attached hydrogens (tertiary/aromatic N) is 1. The van der Waals surface area contributed by atoms with Crippen molar-refractivity contribution in [3.8, 4) is 11.5 Å². The number of carbonyl (C=O) groups excluding carboxylic acids is 3. The molecule has 2 N–H and O–H groups in total. The first-order chi connectivity index (χ1) is 12.9. The predicted octanol–water partition coefficient (Wildman–Crippen LogP) is 2.14. The first kappa shape index (κ1) is 19.0. The third-order valence-corrected chi connectivity index (χ3v) is 5.47. The number of nitrogens with one attached hydrogen (secondary N) is 2. The van der Waals surface area contributed by atoms with Crippen LogP contribution in [0.4, 0.5) is 10.5 Å². The highest BCUT2D eigenvalue weighted by molar-refractivity contribution is 6.10. The minimum absolute atomic E-state index is 0.0570. The summed E-state index contributed by atoms with van der Waals surface area (Å²) in [7, 11) is 3.03. The molecule has 0 radical (unpaired) electrons. The maximum Gasteiger partial charge on any atom is 0.325 e. The molecule has 2 aliphatic rings.